The van der Waals surface area contributed by atoms with Crippen LogP contribution in [0.25, 0.3) is 0 Å². The summed E-state index contributed by atoms with van der Waals surface area (Å²) in [5, 5.41) is 43.6. The molecule has 4 N–H and O–H groups in total. The van der Waals surface area contributed by atoms with Crippen molar-refractivity contribution in [3.8, 4) is 0 Å². The van der Waals surface area contributed by atoms with Gasteiger partial charge in [0.05, 0.1) is 30.3 Å². The predicted octanol–water partition coefficient (Wildman–Crippen LogP) is 8.01. The van der Waals surface area contributed by atoms with Crippen LogP contribution in [0.3, 0.4) is 0 Å². The van der Waals surface area contributed by atoms with Gasteiger partial charge in [-0.2, -0.15) is 0 Å². The summed E-state index contributed by atoms with van der Waals surface area (Å²) in [5.74, 6) is -1.65. The number of fused-ring (bicyclic) bond motifs is 1. The lowest BCUT2D eigenvalue weighted by Crippen LogP contribution is -2.47. The summed E-state index contributed by atoms with van der Waals surface area (Å²) in [6.45, 7) is 17.4. The van der Waals surface area contributed by atoms with Gasteiger partial charge in [-0.25, -0.2) is 4.79 Å². The van der Waals surface area contributed by atoms with Crippen molar-refractivity contribution < 1.29 is 44.3 Å². The highest BCUT2D eigenvalue weighted by Crippen LogP contribution is 2.34. The van der Waals surface area contributed by atoms with Gasteiger partial charge in [-0.15, -0.1) is 0 Å². The van der Waals surface area contributed by atoms with Crippen molar-refractivity contribution in [3.63, 3.8) is 0 Å². The standard InChI is InChI=1S/C49H79NO9/c1-31-14-11-10-12-15-33(3)42(52)25-32(2)17-18-38(8)49(9,58)30-47(56)50-23-13-16-41(50)48(57)59-46(37(7)27-39-19-21-40(51)22-20-39)29-45(55)36(6)26-35(5)44(54)28-43(53)34(4)24-31/h10-12,14-15,26,31-32,34,36-42,44,46,51-52,54,58H,13,16-25,27-30H2,1-9H3/b12-10+,14-11+,33-15+,35-26+/t31-,32+,34-,36-,37-,38-,39-,40-,41?,42+,44+,46+,49-/m1/s1. The number of carbonyl (C=O) groups excluding carboxylic acids is 4. The first-order valence-corrected chi connectivity index (χ1v) is 22.7. The van der Waals surface area contributed by atoms with Gasteiger partial charge in [0.1, 0.15) is 23.7 Å². The Morgan fingerprint density at radius 1 is 0.814 bits per heavy atom. The lowest BCUT2D eigenvalue weighted by atomic mass is 9.79. The van der Waals surface area contributed by atoms with Crippen molar-refractivity contribution in [2.45, 2.75) is 188 Å². The Balaban J connectivity index is 1.87. The normalized spacial score (nSPS) is 40.0. The van der Waals surface area contributed by atoms with Gasteiger partial charge in [-0.05, 0) is 126 Å². The number of aliphatic hydroxyl groups is 4. The summed E-state index contributed by atoms with van der Waals surface area (Å²) in [7, 11) is 0. The molecule has 3 rings (SSSR count). The van der Waals surface area contributed by atoms with E-state index in [9.17, 15) is 39.6 Å². The number of hydrogen-bond acceptors (Lipinski definition) is 9. The molecule has 2 aliphatic heterocycles. The Hall–Kier alpha value is -2.92. The summed E-state index contributed by atoms with van der Waals surface area (Å²) in [6.07, 6.45) is 16.1. The van der Waals surface area contributed by atoms with Crippen LogP contribution in [0.4, 0.5) is 0 Å². The highest BCUT2D eigenvalue weighted by Gasteiger charge is 2.41. The van der Waals surface area contributed by atoms with Crippen LogP contribution in [0.1, 0.15) is 152 Å². The smallest absolute Gasteiger partial charge is 0.329 e. The molecule has 0 aromatic carbocycles. The molecule has 0 spiro atoms. The fourth-order valence-corrected chi connectivity index (χ4v) is 9.01. The number of nitrogens with zero attached hydrogens (tertiary/aromatic N) is 1. The molecule has 0 aromatic rings. The summed E-state index contributed by atoms with van der Waals surface area (Å²) in [5.41, 5.74) is 0.0753. The van der Waals surface area contributed by atoms with Crippen LogP contribution in [0, 0.1) is 41.4 Å². The molecule has 10 nitrogen and oxygen atoms in total. The maximum absolute atomic E-state index is 14.0. The number of cyclic esters (lactones) is 1. The topological polar surface area (TPSA) is 162 Å². The van der Waals surface area contributed by atoms with E-state index in [4.69, 9.17) is 4.74 Å². The van der Waals surface area contributed by atoms with Gasteiger partial charge in [-0.3, -0.25) is 14.4 Å². The van der Waals surface area contributed by atoms with Gasteiger partial charge < -0.3 is 30.1 Å². The largest absolute Gasteiger partial charge is 0.460 e. The zero-order valence-electron chi connectivity index (χ0n) is 37.8. The Bertz CT molecular complexity index is 1500. The van der Waals surface area contributed by atoms with E-state index in [1.54, 1.807) is 26.8 Å². The molecule has 1 amide bonds. The van der Waals surface area contributed by atoms with Crippen LogP contribution in [0.15, 0.2) is 47.6 Å². The third-order valence-electron chi connectivity index (χ3n) is 13.7. The molecule has 1 aliphatic carbocycles. The zero-order valence-corrected chi connectivity index (χ0v) is 37.8. The number of Topliss-reactive ketones (excluding diaryl/α,β-unsaturated/α-hetero) is 2. The Morgan fingerprint density at radius 2 is 1.49 bits per heavy atom. The van der Waals surface area contributed by atoms with Crippen LogP contribution in [0.2, 0.25) is 0 Å². The van der Waals surface area contributed by atoms with E-state index in [0.717, 1.165) is 44.1 Å². The van der Waals surface area contributed by atoms with Gasteiger partial charge in [0.15, 0.2) is 0 Å². The van der Waals surface area contributed by atoms with Gasteiger partial charge in [0.2, 0.25) is 5.91 Å². The zero-order chi connectivity index (χ0) is 44.0. The molecule has 0 radical (unpaired) electrons. The molecule has 0 aromatic heterocycles. The molecule has 2 heterocycles. The van der Waals surface area contributed by atoms with E-state index >= 15 is 0 Å². The van der Waals surface area contributed by atoms with Gasteiger partial charge in [-0.1, -0.05) is 84.4 Å². The highest BCUT2D eigenvalue weighted by molar-refractivity contribution is 5.87. The van der Waals surface area contributed by atoms with Crippen molar-refractivity contribution in [3.05, 3.63) is 47.6 Å². The number of ketones is 2. The van der Waals surface area contributed by atoms with E-state index in [0.29, 0.717) is 50.1 Å². The SMILES string of the molecule is C/C1=C\[C@@H](C)C(=O)C[C@@H]([C@H](C)C[C@H]2CC[C@H](O)CC2)OC(=O)C2CCCN2C(=O)C[C@@](C)(O)[C@H](C)CC[C@H](C)C[C@H](O)/C(C)=C/C=C/C=C/[C@@H](C)C[C@@H](C)C(=O)C[C@@H]1O. The number of allylic oxidation sites excluding steroid dienone is 6. The molecule has 11 atom stereocenters. The second-order valence-electron chi connectivity index (χ2n) is 19.3. The van der Waals surface area contributed by atoms with Crippen LogP contribution in [0.5, 0.6) is 0 Å². The van der Waals surface area contributed by atoms with Crippen LogP contribution >= 0.6 is 0 Å². The predicted molar refractivity (Wildman–Crippen MR) is 233 cm³/mol. The number of ether oxygens (including phenoxy) is 1. The minimum absolute atomic E-state index is 0.0299. The number of esters is 1. The molecule has 1 saturated carbocycles. The minimum Gasteiger partial charge on any atom is -0.460 e. The van der Waals surface area contributed by atoms with E-state index in [1.807, 2.05) is 65.0 Å². The lowest BCUT2D eigenvalue weighted by molar-refractivity contribution is -0.163. The third kappa shape index (κ3) is 16.5. The van der Waals surface area contributed by atoms with Crippen molar-refractivity contribution >= 4 is 23.4 Å². The molecule has 59 heavy (non-hydrogen) atoms. The van der Waals surface area contributed by atoms with Crippen LogP contribution in [-0.4, -0.2) is 91.4 Å². The highest BCUT2D eigenvalue weighted by atomic mass is 16.5. The summed E-state index contributed by atoms with van der Waals surface area (Å²) >= 11 is 0. The number of carbonyl (C=O) groups is 4. The third-order valence-corrected chi connectivity index (χ3v) is 13.7. The average Bonchev–Trinajstić information content (AvgIpc) is 3.67. The fraction of sp³-hybridized carbons (Fsp3) is 0.755. The van der Waals surface area contributed by atoms with Gasteiger partial charge >= 0.3 is 5.97 Å². The first-order valence-electron chi connectivity index (χ1n) is 22.7. The van der Waals surface area contributed by atoms with E-state index < -0.39 is 41.8 Å². The van der Waals surface area contributed by atoms with E-state index in [2.05, 4.69) is 6.92 Å². The van der Waals surface area contributed by atoms with Gasteiger partial charge in [0.25, 0.3) is 0 Å². The molecule has 1 saturated heterocycles. The molecular formula is C49H79NO9. The maximum atomic E-state index is 14.0. The number of rotatable bonds is 3. The van der Waals surface area contributed by atoms with Crippen molar-refractivity contribution in [2.75, 3.05) is 6.54 Å². The van der Waals surface area contributed by atoms with Gasteiger partial charge in [0, 0.05) is 31.2 Å². The Kier molecular flexibility index (Phi) is 20.4. The average molecular weight is 826 g/mol. The van der Waals surface area contributed by atoms with Crippen molar-refractivity contribution in [1.82, 2.24) is 4.90 Å². The fourth-order valence-electron chi connectivity index (χ4n) is 9.01. The minimum atomic E-state index is -1.31. The van der Waals surface area contributed by atoms with Crippen LogP contribution < -0.4 is 0 Å². The monoisotopic (exact) mass is 826 g/mol. The molecule has 0 bridgehead atoms. The van der Waals surface area contributed by atoms with E-state index in [1.165, 1.54) is 4.90 Å². The molecular weight excluding hydrogens is 747 g/mol. The van der Waals surface area contributed by atoms with E-state index in [-0.39, 0.29) is 72.4 Å². The van der Waals surface area contributed by atoms with Crippen molar-refractivity contribution in [2.24, 2.45) is 41.4 Å². The second-order valence-corrected chi connectivity index (χ2v) is 19.3. The van der Waals surface area contributed by atoms with Crippen molar-refractivity contribution in [1.29, 1.82) is 0 Å². The summed E-state index contributed by atoms with van der Waals surface area (Å²) in [6, 6.07) is -0.811. The second kappa shape index (κ2) is 23.9. The Morgan fingerprint density at radius 3 is 2.17 bits per heavy atom. The molecule has 3 aliphatic rings. The lowest BCUT2D eigenvalue weighted by Gasteiger charge is -2.34. The summed E-state index contributed by atoms with van der Waals surface area (Å²) < 4.78 is 6.23. The molecule has 2 fully saturated rings. The number of aliphatic hydroxyl groups excluding tert-OH is 3. The van der Waals surface area contributed by atoms with Crippen LogP contribution in [-0.2, 0) is 23.9 Å². The quantitative estimate of drug-likeness (QED) is 0.163. The number of amides is 1. The first-order chi connectivity index (χ1) is 27.7. The molecule has 10 heteroatoms. The first kappa shape index (κ1) is 50.4. The summed E-state index contributed by atoms with van der Waals surface area (Å²) in [4.78, 5) is 56.4. The number of hydrogen-bond donors (Lipinski definition) is 4. The maximum Gasteiger partial charge on any atom is 0.329 e. The molecule has 334 valence electrons. The Labute approximate surface area is 355 Å². The molecule has 1 unspecified atom stereocenters.